The standard InChI is InChI=1S/C4H9.2Li.H/c1-4(2)3;;;/h1-3H3;;;/q-1;2*+1;-1. The maximum absolute atomic E-state index is 2.08. The van der Waals surface area contributed by atoms with Crippen molar-refractivity contribution in [3.8, 4) is 0 Å². The van der Waals surface area contributed by atoms with Gasteiger partial charge < -0.3 is 7.34 Å². The topological polar surface area (TPSA) is 0 Å². The Hall–Kier alpha value is 1.19. The van der Waals surface area contributed by atoms with Gasteiger partial charge in [0.2, 0.25) is 0 Å². The van der Waals surface area contributed by atoms with E-state index in [4.69, 9.17) is 0 Å². The zero-order valence-electron chi connectivity index (χ0n) is 6.50. The summed E-state index contributed by atoms with van der Waals surface area (Å²) >= 11 is 0. The minimum atomic E-state index is 0. The smallest absolute Gasteiger partial charge is 1.00 e. The van der Waals surface area contributed by atoms with E-state index in [1.807, 2.05) is 0 Å². The van der Waals surface area contributed by atoms with Crippen LogP contribution >= 0.6 is 0 Å². The third-order valence-corrected chi connectivity index (χ3v) is 0. The zero-order chi connectivity index (χ0) is 3.58. The average molecular weight is 72.0 g/mol. The Morgan fingerprint density at radius 1 is 1.00 bits per heavy atom. The van der Waals surface area contributed by atoms with Gasteiger partial charge in [-0.15, -0.1) is 0 Å². The maximum Gasteiger partial charge on any atom is 1.00 e. The monoisotopic (exact) mass is 72.1 g/mol. The molecule has 28 valence electrons. The van der Waals surface area contributed by atoms with E-state index in [9.17, 15) is 0 Å². The van der Waals surface area contributed by atoms with Crippen molar-refractivity contribution in [2.45, 2.75) is 20.8 Å². The molecule has 0 bridgehead atoms. The molecule has 0 aromatic carbocycles. The van der Waals surface area contributed by atoms with Crippen molar-refractivity contribution in [1.29, 1.82) is 0 Å². The van der Waals surface area contributed by atoms with Crippen LogP contribution < -0.4 is 37.7 Å². The molecule has 0 fully saturated rings. The Labute approximate surface area is 65.9 Å². The summed E-state index contributed by atoms with van der Waals surface area (Å²) in [5.74, 6) is 1.42. The Kier molecular flexibility index (Phi) is 24.8. The van der Waals surface area contributed by atoms with Gasteiger partial charge in [0.05, 0.1) is 0 Å². The van der Waals surface area contributed by atoms with E-state index in [2.05, 4.69) is 20.8 Å². The van der Waals surface area contributed by atoms with Crippen LogP contribution in [0.1, 0.15) is 22.2 Å². The molecule has 0 amide bonds. The molecular weight excluding hydrogens is 61.9 g/mol. The Balaban J connectivity index is -0.0000000150. The van der Waals surface area contributed by atoms with E-state index in [1.165, 1.54) is 5.92 Å². The molecule has 0 N–H and O–H groups in total. The normalized spacial score (nSPS) is 6.00. The second kappa shape index (κ2) is 9.50. The molecular formula is C4H10Li2. The molecule has 0 aliphatic heterocycles. The summed E-state index contributed by atoms with van der Waals surface area (Å²) in [6.45, 7) is 6.25. The Bertz CT molecular complexity index is 14.4. The maximum atomic E-state index is 2.08. The third kappa shape index (κ3) is 64.0. The first kappa shape index (κ1) is 15.7. The summed E-state index contributed by atoms with van der Waals surface area (Å²) in [4.78, 5) is 0. The fraction of sp³-hybridized carbons (Fsp3) is 0.750. The van der Waals surface area contributed by atoms with Crippen molar-refractivity contribution in [2.75, 3.05) is 0 Å². The van der Waals surface area contributed by atoms with Crippen molar-refractivity contribution in [3.63, 3.8) is 0 Å². The second-order valence-corrected chi connectivity index (χ2v) is 1.50. The van der Waals surface area contributed by atoms with E-state index in [-0.39, 0.29) is 39.1 Å². The first-order chi connectivity index (χ1) is 1.73. The number of rotatable bonds is 0. The van der Waals surface area contributed by atoms with Crippen LogP contribution in [0.25, 0.3) is 0 Å². The van der Waals surface area contributed by atoms with Gasteiger partial charge in [0.1, 0.15) is 0 Å². The van der Waals surface area contributed by atoms with Crippen molar-refractivity contribution in [1.82, 2.24) is 0 Å². The number of hydrogen-bond donors (Lipinski definition) is 0. The molecule has 6 heavy (non-hydrogen) atoms. The molecule has 0 aliphatic carbocycles. The van der Waals surface area contributed by atoms with E-state index in [0.29, 0.717) is 0 Å². The molecule has 0 radical (unpaired) electrons. The molecule has 0 aromatic heterocycles. The van der Waals surface area contributed by atoms with Gasteiger partial charge in [0.15, 0.2) is 0 Å². The summed E-state index contributed by atoms with van der Waals surface area (Å²) in [6, 6.07) is 0. The van der Waals surface area contributed by atoms with Gasteiger partial charge in [-0.1, -0.05) is 0 Å². The largest absolute Gasteiger partial charge is 1.00 e. The zero-order valence-corrected chi connectivity index (χ0v) is 5.50. The molecule has 0 atom stereocenters. The van der Waals surface area contributed by atoms with Crippen LogP contribution in [0, 0.1) is 5.92 Å². The summed E-state index contributed by atoms with van der Waals surface area (Å²) in [6.07, 6.45) is 0. The summed E-state index contributed by atoms with van der Waals surface area (Å²) in [7, 11) is 0. The predicted octanol–water partition coefficient (Wildman–Crippen LogP) is -4.26. The summed E-state index contributed by atoms with van der Waals surface area (Å²) in [5.41, 5.74) is 0. The molecule has 0 spiro atoms. The van der Waals surface area contributed by atoms with Gasteiger partial charge in [0, 0.05) is 0 Å². The van der Waals surface area contributed by atoms with E-state index in [1.54, 1.807) is 0 Å². The molecule has 2 heteroatoms. The molecule has 0 saturated carbocycles. The van der Waals surface area contributed by atoms with Crippen molar-refractivity contribution in [2.24, 2.45) is 0 Å². The first-order valence-electron chi connectivity index (χ1n) is 1.50. The fourth-order valence-electron chi connectivity index (χ4n) is 0. The van der Waals surface area contributed by atoms with E-state index in [0.717, 1.165) is 0 Å². The molecule has 0 aromatic rings. The third-order valence-electron chi connectivity index (χ3n) is 0. The Morgan fingerprint density at radius 2 is 1.00 bits per heavy atom. The Morgan fingerprint density at radius 3 is 1.00 bits per heavy atom. The van der Waals surface area contributed by atoms with Gasteiger partial charge in [-0.3, -0.25) is 0 Å². The molecule has 0 aliphatic rings. The van der Waals surface area contributed by atoms with Gasteiger partial charge in [-0.25, -0.2) is 0 Å². The van der Waals surface area contributed by atoms with Gasteiger partial charge in [0.25, 0.3) is 0 Å². The predicted molar refractivity (Wildman–Crippen MR) is 21.4 cm³/mol. The molecule has 0 nitrogen and oxygen atoms in total. The molecule has 0 unspecified atom stereocenters. The van der Waals surface area contributed by atoms with Gasteiger partial charge >= 0.3 is 37.7 Å². The van der Waals surface area contributed by atoms with Crippen LogP contribution in [0.5, 0.6) is 0 Å². The van der Waals surface area contributed by atoms with E-state index >= 15 is 0 Å². The van der Waals surface area contributed by atoms with Crippen molar-refractivity contribution < 1.29 is 39.1 Å². The van der Waals surface area contributed by atoms with Crippen LogP contribution in [0.2, 0.25) is 0 Å². The number of hydrogen-bond acceptors (Lipinski definition) is 0. The minimum absolute atomic E-state index is 0. The quantitative estimate of drug-likeness (QED) is 0.201. The average Bonchev–Trinajstić information content (AvgIpc) is 0.811. The second-order valence-electron chi connectivity index (χ2n) is 1.50. The van der Waals surface area contributed by atoms with Crippen molar-refractivity contribution >= 4 is 0 Å². The molecule has 0 rings (SSSR count). The minimum Gasteiger partial charge on any atom is -1.00 e. The van der Waals surface area contributed by atoms with E-state index < -0.39 is 0 Å². The van der Waals surface area contributed by atoms with Gasteiger partial charge in [-0.05, 0) is 0 Å². The van der Waals surface area contributed by atoms with Gasteiger partial charge in [-0.2, -0.15) is 20.8 Å². The van der Waals surface area contributed by atoms with Crippen LogP contribution in [0.3, 0.4) is 0 Å². The summed E-state index contributed by atoms with van der Waals surface area (Å²) < 4.78 is 0. The van der Waals surface area contributed by atoms with Crippen LogP contribution in [-0.2, 0) is 0 Å². The molecule has 0 heterocycles. The SMILES string of the molecule is C[C-](C)C.[H-].[Li+].[Li+]. The van der Waals surface area contributed by atoms with Crippen LogP contribution in [0.4, 0.5) is 0 Å². The van der Waals surface area contributed by atoms with Crippen LogP contribution in [-0.4, -0.2) is 0 Å². The molecule has 0 saturated heterocycles. The fourth-order valence-corrected chi connectivity index (χ4v) is 0. The summed E-state index contributed by atoms with van der Waals surface area (Å²) in [5, 5.41) is 0. The van der Waals surface area contributed by atoms with Crippen molar-refractivity contribution in [3.05, 3.63) is 5.92 Å². The van der Waals surface area contributed by atoms with Crippen LogP contribution in [0.15, 0.2) is 0 Å². The first-order valence-corrected chi connectivity index (χ1v) is 1.50.